The van der Waals surface area contributed by atoms with Gasteiger partial charge in [-0.3, -0.25) is 4.79 Å². The molecule has 0 radical (unpaired) electrons. The Balaban J connectivity index is 1.97. The van der Waals surface area contributed by atoms with Gasteiger partial charge in [-0.15, -0.1) is 0 Å². The molecule has 0 saturated heterocycles. The Morgan fingerprint density at radius 2 is 1.81 bits per heavy atom. The number of hydrogen-bond donors (Lipinski definition) is 1. The highest BCUT2D eigenvalue weighted by Crippen LogP contribution is 2.35. The lowest BCUT2D eigenvalue weighted by Gasteiger charge is -2.13. The van der Waals surface area contributed by atoms with Crippen LogP contribution in [0.4, 0.5) is 0 Å². The zero-order valence-corrected chi connectivity index (χ0v) is 14.2. The minimum atomic E-state index is -0.0860. The van der Waals surface area contributed by atoms with Crippen molar-refractivity contribution < 1.29 is 14.3 Å². The molecule has 4 nitrogen and oxygen atoms in total. The number of halogens is 1. The van der Waals surface area contributed by atoms with Crippen molar-refractivity contribution in [3.63, 3.8) is 0 Å². The number of methoxy groups -OCH3 is 2. The van der Waals surface area contributed by atoms with Crippen LogP contribution in [0.2, 0.25) is 0 Å². The summed E-state index contributed by atoms with van der Waals surface area (Å²) in [5.74, 6) is 1.88. The quantitative estimate of drug-likeness (QED) is 0.844. The predicted molar refractivity (Wildman–Crippen MR) is 86.2 cm³/mol. The maximum absolute atomic E-state index is 12.2. The van der Waals surface area contributed by atoms with E-state index >= 15 is 0 Å². The van der Waals surface area contributed by atoms with Crippen molar-refractivity contribution in [1.29, 1.82) is 0 Å². The van der Waals surface area contributed by atoms with Crippen LogP contribution in [0, 0.1) is 5.92 Å². The molecule has 1 aliphatic carbocycles. The largest absolute Gasteiger partial charge is 0.495 e. The van der Waals surface area contributed by atoms with Gasteiger partial charge >= 0.3 is 0 Å². The zero-order valence-electron chi connectivity index (χ0n) is 12.6. The standard InChI is InChI=1S/C16H22BrNO3/c1-20-13-9-12(10-14(21-2)15(13)17)16(19)18-8-7-11-5-3-4-6-11/h9-11H,3-8H2,1-2H3,(H,18,19). The van der Waals surface area contributed by atoms with Crippen LogP contribution >= 0.6 is 15.9 Å². The van der Waals surface area contributed by atoms with Crippen LogP contribution in [0.3, 0.4) is 0 Å². The molecule has 116 valence electrons. The first kappa shape index (κ1) is 16.1. The molecular weight excluding hydrogens is 334 g/mol. The van der Waals surface area contributed by atoms with Gasteiger partial charge in [0.1, 0.15) is 16.0 Å². The second kappa shape index (κ2) is 7.69. The van der Waals surface area contributed by atoms with Crippen molar-refractivity contribution >= 4 is 21.8 Å². The van der Waals surface area contributed by atoms with E-state index in [9.17, 15) is 4.79 Å². The fraction of sp³-hybridized carbons (Fsp3) is 0.562. The highest BCUT2D eigenvalue weighted by molar-refractivity contribution is 9.10. The Kier molecular flexibility index (Phi) is 5.91. The Labute approximate surface area is 134 Å². The summed E-state index contributed by atoms with van der Waals surface area (Å²) in [6.07, 6.45) is 6.33. The van der Waals surface area contributed by atoms with Gasteiger partial charge in [-0.25, -0.2) is 0 Å². The number of benzene rings is 1. The van der Waals surface area contributed by atoms with Crippen LogP contribution in [-0.2, 0) is 0 Å². The van der Waals surface area contributed by atoms with E-state index in [-0.39, 0.29) is 5.91 Å². The molecular formula is C16H22BrNO3. The third kappa shape index (κ3) is 4.13. The van der Waals surface area contributed by atoms with Crippen LogP contribution in [0.15, 0.2) is 16.6 Å². The SMILES string of the molecule is COc1cc(C(=O)NCCC2CCCC2)cc(OC)c1Br. The fourth-order valence-electron chi connectivity index (χ4n) is 2.79. The van der Waals surface area contributed by atoms with Crippen molar-refractivity contribution in [2.24, 2.45) is 5.92 Å². The van der Waals surface area contributed by atoms with Gasteiger partial charge < -0.3 is 14.8 Å². The third-order valence-electron chi connectivity index (χ3n) is 4.02. The topological polar surface area (TPSA) is 47.6 Å². The van der Waals surface area contributed by atoms with Crippen LogP contribution < -0.4 is 14.8 Å². The molecule has 0 bridgehead atoms. The molecule has 1 N–H and O–H groups in total. The van der Waals surface area contributed by atoms with Crippen molar-refractivity contribution in [3.8, 4) is 11.5 Å². The van der Waals surface area contributed by atoms with E-state index in [1.807, 2.05) is 0 Å². The monoisotopic (exact) mass is 355 g/mol. The predicted octanol–water partition coefficient (Wildman–Crippen LogP) is 3.78. The molecule has 2 rings (SSSR count). The first-order valence-corrected chi connectivity index (χ1v) is 8.14. The lowest BCUT2D eigenvalue weighted by atomic mass is 10.0. The maximum Gasteiger partial charge on any atom is 0.251 e. The van der Waals surface area contributed by atoms with E-state index in [2.05, 4.69) is 21.2 Å². The number of rotatable bonds is 6. The molecule has 0 heterocycles. The lowest BCUT2D eigenvalue weighted by molar-refractivity contribution is 0.0950. The first-order valence-electron chi connectivity index (χ1n) is 7.35. The van der Waals surface area contributed by atoms with Crippen molar-refractivity contribution in [2.75, 3.05) is 20.8 Å². The molecule has 1 amide bonds. The molecule has 1 aromatic carbocycles. The van der Waals surface area contributed by atoms with Crippen molar-refractivity contribution in [2.45, 2.75) is 32.1 Å². The number of ether oxygens (including phenoxy) is 2. The molecule has 0 aromatic heterocycles. The van der Waals surface area contributed by atoms with E-state index in [1.54, 1.807) is 26.4 Å². The Bertz CT molecular complexity index is 473. The number of hydrogen-bond acceptors (Lipinski definition) is 3. The summed E-state index contributed by atoms with van der Waals surface area (Å²) in [4.78, 5) is 12.2. The first-order chi connectivity index (χ1) is 10.2. The second-order valence-corrected chi connectivity index (χ2v) is 6.18. The number of nitrogens with one attached hydrogen (secondary N) is 1. The van der Waals surface area contributed by atoms with E-state index in [1.165, 1.54) is 25.7 Å². The lowest BCUT2D eigenvalue weighted by Crippen LogP contribution is -2.25. The summed E-state index contributed by atoms with van der Waals surface area (Å²) in [6.45, 7) is 0.726. The minimum Gasteiger partial charge on any atom is -0.495 e. The van der Waals surface area contributed by atoms with Gasteiger partial charge in [-0.05, 0) is 40.4 Å². The summed E-state index contributed by atoms with van der Waals surface area (Å²) in [5.41, 5.74) is 0.554. The number of carbonyl (C=O) groups excluding carboxylic acids is 1. The summed E-state index contributed by atoms with van der Waals surface area (Å²) in [6, 6.07) is 3.44. The van der Waals surface area contributed by atoms with Gasteiger partial charge in [-0.2, -0.15) is 0 Å². The summed E-state index contributed by atoms with van der Waals surface area (Å²) >= 11 is 3.40. The molecule has 0 spiro atoms. The van der Waals surface area contributed by atoms with E-state index in [0.29, 0.717) is 17.1 Å². The molecule has 1 aromatic rings. The van der Waals surface area contributed by atoms with Gasteiger partial charge in [0.2, 0.25) is 0 Å². The van der Waals surface area contributed by atoms with E-state index < -0.39 is 0 Å². The Hall–Kier alpha value is -1.23. The third-order valence-corrected chi connectivity index (χ3v) is 4.80. The van der Waals surface area contributed by atoms with Gasteiger partial charge in [0.15, 0.2) is 0 Å². The molecule has 1 fully saturated rings. The van der Waals surface area contributed by atoms with Gasteiger partial charge in [0.25, 0.3) is 5.91 Å². The van der Waals surface area contributed by atoms with E-state index in [0.717, 1.165) is 23.4 Å². The van der Waals surface area contributed by atoms with Crippen LogP contribution in [0.5, 0.6) is 11.5 Å². The Morgan fingerprint density at radius 1 is 1.24 bits per heavy atom. The number of amides is 1. The van der Waals surface area contributed by atoms with Gasteiger partial charge in [-0.1, -0.05) is 25.7 Å². The second-order valence-electron chi connectivity index (χ2n) is 5.39. The average molecular weight is 356 g/mol. The fourth-order valence-corrected chi connectivity index (χ4v) is 3.34. The molecule has 0 atom stereocenters. The highest BCUT2D eigenvalue weighted by Gasteiger charge is 2.17. The van der Waals surface area contributed by atoms with Crippen LogP contribution in [0.25, 0.3) is 0 Å². The summed E-state index contributed by atoms with van der Waals surface area (Å²) < 4.78 is 11.2. The minimum absolute atomic E-state index is 0.0860. The molecule has 1 aliphatic rings. The van der Waals surface area contributed by atoms with Crippen molar-refractivity contribution in [1.82, 2.24) is 5.32 Å². The van der Waals surface area contributed by atoms with Crippen molar-refractivity contribution in [3.05, 3.63) is 22.2 Å². The number of carbonyl (C=O) groups is 1. The van der Waals surface area contributed by atoms with E-state index in [4.69, 9.17) is 9.47 Å². The maximum atomic E-state index is 12.2. The summed E-state index contributed by atoms with van der Waals surface area (Å²) in [5, 5.41) is 2.98. The molecule has 5 heteroatoms. The Morgan fingerprint density at radius 3 is 2.33 bits per heavy atom. The molecule has 21 heavy (non-hydrogen) atoms. The van der Waals surface area contributed by atoms with Crippen LogP contribution in [-0.4, -0.2) is 26.7 Å². The molecule has 0 aliphatic heterocycles. The van der Waals surface area contributed by atoms with Crippen LogP contribution in [0.1, 0.15) is 42.5 Å². The summed E-state index contributed by atoms with van der Waals surface area (Å²) in [7, 11) is 3.14. The normalized spacial score (nSPS) is 15.0. The van der Waals surface area contributed by atoms with Gasteiger partial charge in [0.05, 0.1) is 14.2 Å². The smallest absolute Gasteiger partial charge is 0.251 e. The van der Waals surface area contributed by atoms with Gasteiger partial charge in [0, 0.05) is 12.1 Å². The molecule has 0 unspecified atom stereocenters. The average Bonchev–Trinajstić information content (AvgIpc) is 3.00. The molecule has 1 saturated carbocycles. The zero-order chi connectivity index (χ0) is 15.2. The highest BCUT2D eigenvalue weighted by atomic mass is 79.9.